The third kappa shape index (κ3) is 7.47. The minimum absolute atomic E-state index is 0.283. The van der Waals surface area contributed by atoms with Gasteiger partial charge in [-0.1, -0.05) is 0 Å². The van der Waals surface area contributed by atoms with Gasteiger partial charge in [0, 0.05) is 0 Å². The van der Waals surface area contributed by atoms with E-state index in [-0.39, 0.29) is 11.8 Å². The molecule has 2 aliphatic heterocycles. The third-order valence-corrected chi connectivity index (χ3v) is 30.7. The second-order valence-electron chi connectivity index (χ2n) is 13.5. The fourth-order valence-corrected chi connectivity index (χ4v) is 25.0. The Labute approximate surface area is 301 Å². The van der Waals surface area contributed by atoms with E-state index in [4.69, 9.17) is 9.98 Å². The Bertz CT molecular complexity index is 1850. The van der Waals surface area contributed by atoms with Crippen LogP contribution in [0.25, 0.3) is 21.5 Å². The molecule has 0 fully saturated rings. The van der Waals surface area contributed by atoms with E-state index in [2.05, 4.69) is 166 Å². The van der Waals surface area contributed by atoms with Crippen molar-refractivity contribution in [3.8, 4) is 0 Å². The molecule has 5 aromatic rings. The average Bonchev–Trinajstić information content (AvgIpc) is 3.81. The molecule has 4 nitrogen and oxygen atoms in total. The molecule has 7 heteroatoms. The quantitative estimate of drug-likeness (QED) is 0.113. The summed E-state index contributed by atoms with van der Waals surface area (Å²) < 4.78 is 1.58. The maximum atomic E-state index is 5.06. The standard InChI is InChI=1S/C42H48GeN4S2/c1-31-19-21-36(22-20-31)43(4,48-29-27-46-25-23-44-41(46)32(2)37-17-9-13-34-11-5-7-15-39(34)37)49-30-28-47-26-24-45-42(47)33(3)38-18-10-14-35-12-6-8-16-40(35)38/h5-22,32-33H,23-30H2,1-4H3. The number of rotatable bonds is 13. The summed E-state index contributed by atoms with van der Waals surface area (Å²) in [6, 6.07) is 40.4. The minimum atomic E-state index is -2.53. The maximum absolute atomic E-state index is 5.06. The summed E-state index contributed by atoms with van der Waals surface area (Å²) in [5, 5.41) is 5.30. The van der Waals surface area contributed by atoms with Crippen LogP contribution in [-0.4, -0.2) is 83.2 Å². The van der Waals surface area contributed by atoms with E-state index in [0.29, 0.717) is 0 Å². The average molecular weight is 746 g/mol. The Morgan fingerprint density at radius 3 is 1.55 bits per heavy atom. The molecule has 7 rings (SSSR count). The zero-order valence-electron chi connectivity index (χ0n) is 29.3. The summed E-state index contributed by atoms with van der Waals surface area (Å²) in [7, 11) is 2.01. The van der Waals surface area contributed by atoms with Crippen LogP contribution < -0.4 is 4.40 Å². The third-order valence-electron chi connectivity index (χ3n) is 10.3. The molecule has 0 bridgehead atoms. The van der Waals surface area contributed by atoms with E-state index in [1.54, 1.807) is 4.40 Å². The SMILES string of the molecule is Cc1cc[c]([Ge]([CH3])([S]CCN2CCN=C2C(C)c2cccc3ccccc23)[S]CCN2CCN=C2C(C)c2cccc3ccccc23)cc1. The van der Waals surface area contributed by atoms with Crippen LogP contribution in [-0.2, 0) is 0 Å². The molecule has 2 heterocycles. The van der Waals surface area contributed by atoms with E-state index >= 15 is 0 Å². The van der Waals surface area contributed by atoms with E-state index in [1.165, 1.54) is 49.9 Å². The van der Waals surface area contributed by atoms with Gasteiger partial charge in [-0.3, -0.25) is 0 Å². The topological polar surface area (TPSA) is 31.2 Å². The number of aliphatic imine (C=N–C) groups is 2. The number of hydrogen-bond acceptors (Lipinski definition) is 6. The van der Waals surface area contributed by atoms with Crippen molar-refractivity contribution in [2.75, 3.05) is 50.8 Å². The van der Waals surface area contributed by atoms with Crippen LogP contribution in [0, 0.1) is 6.92 Å². The van der Waals surface area contributed by atoms with Gasteiger partial charge in [-0.25, -0.2) is 0 Å². The Kier molecular flexibility index (Phi) is 10.7. The fraction of sp³-hybridized carbons (Fsp3) is 0.333. The fourth-order valence-electron chi connectivity index (χ4n) is 7.57. The molecular weight excluding hydrogens is 697 g/mol. The van der Waals surface area contributed by atoms with Crippen molar-refractivity contribution >= 4 is 68.8 Å². The molecule has 2 aliphatic rings. The zero-order chi connectivity index (χ0) is 33.8. The van der Waals surface area contributed by atoms with Crippen molar-refractivity contribution in [2.45, 2.75) is 38.4 Å². The Morgan fingerprint density at radius 2 is 1.06 bits per heavy atom. The molecule has 252 valence electrons. The van der Waals surface area contributed by atoms with Crippen LogP contribution in [0.5, 0.6) is 0 Å². The van der Waals surface area contributed by atoms with Crippen LogP contribution >= 0.6 is 20.2 Å². The Balaban J connectivity index is 1.01. The van der Waals surface area contributed by atoms with Crippen molar-refractivity contribution < 1.29 is 0 Å². The number of benzene rings is 5. The summed E-state index contributed by atoms with van der Waals surface area (Å²) in [6.07, 6.45) is 0. The van der Waals surface area contributed by atoms with Gasteiger partial charge in [0.25, 0.3) is 0 Å². The predicted molar refractivity (Wildman–Crippen MR) is 220 cm³/mol. The van der Waals surface area contributed by atoms with Gasteiger partial charge in [0.15, 0.2) is 0 Å². The summed E-state index contributed by atoms with van der Waals surface area (Å²) in [6.45, 7) is 12.8. The first-order chi connectivity index (χ1) is 23.9. The van der Waals surface area contributed by atoms with Crippen LogP contribution in [0.3, 0.4) is 0 Å². The first-order valence-electron chi connectivity index (χ1n) is 17.8. The van der Waals surface area contributed by atoms with Gasteiger partial charge >= 0.3 is 304 Å². The van der Waals surface area contributed by atoms with Crippen LogP contribution in [0.4, 0.5) is 0 Å². The van der Waals surface area contributed by atoms with Crippen LogP contribution in [0.2, 0.25) is 5.76 Å². The second kappa shape index (κ2) is 15.4. The molecule has 0 saturated carbocycles. The predicted octanol–water partition coefficient (Wildman–Crippen LogP) is 9.08. The second-order valence-corrected chi connectivity index (χ2v) is 33.6. The van der Waals surface area contributed by atoms with Gasteiger partial charge < -0.3 is 0 Å². The molecule has 2 unspecified atom stereocenters. The summed E-state index contributed by atoms with van der Waals surface area (Å²) in [5.74, 6) is 7.97. The van der Waals surface area contributed by atoms with Gasteiger partial charge in [-0.15, -0.1) is 0 Å². The number of aryl methyl sites for hydroxylation is 1. The molecule has 0 aliphatic carbocycles. The van der Waals surface area contributed by atoms with Gasteiger partial charge in [-0.05, 0) is 0 Å². The first kappa shape index (κ1) is 34.3. The molecule has 0 aromatic heterocycles. The number of amidine groups is 2. The van der Waals surface area contributed by atoms with E-state index in [0.717, 1.165) is 50.8 Å². The number of hydrogen-bond donors (Lipinski definition) is 0. The van der Waals surface area contributed by atoms with Gasteiger partial charge in [0.05, 0.1) is 0 Å². The number of fused-ring (bicyclic) bond motifs is 2. The Hall–Kier alpha value is -3.20. The molecule has 5 aromatic carbocycles. The van der Waals surface area contributed by atoms with Crippen molar-refractivity contribution in [1.29, 1.82) is 0 Å². The molecule has 0 N–H and O–H groups in total. The summed E-state index contributed by atoms with van der Waals surface area (Å²) >= 11 is 0. The molecule has 0 amide bonds. The van der Waals surface area contributed by atoms with Crippen molar-refractivity contribution in [3.05, 3.63) is 126 Å². The molecular formula is C42H48GeN4S2. The van der Waals surface area contributed by atoms with Crippen molar-refractivity contribution in [3.63, 3.8) is 0 Å². The normalized spacial score (nSPS) is 17.3. The zero-order valence-corrected chi connectivity index (χ0v) is 33.0. The van der Waals surface area contributed by atoms with Crippen LogP contribution in [0.15, 0.2) is 119 Å². The van der Waals surface area contributed by atoms with E-state index < -0.39 is 11.0 Å². The monoisotopic (exact) mass is 746 g/mol. The molecule has 49 heavy (non-hydrogen) atoms. The molecule has 0 radical (unpaired) electrons. The molecule has 0 spiro atoms. The summed E-state index contributed by atoms with van der Waals surface area (Å²) in [5.41, 5.74) is 4.10. The first-order valence-corrected chi connectivity index (χ1v) is 28.1. The summed E-state index contributed by atoms with van der Waals surface area (Å²) in [4.78, 5) is 15.3. The van der Waals surface area contributed by atoms with Gasteiger partial charge in [0.2, 0.25) is 0 Å². The number of nitrogens with zero attached hydrogens (tertiary/aromatic N) is 4. The van der Waals surface area contributed by atoms with Crippen molar-refractivity contribution in [1.82, 2.24) is 9.80 Å². The van der Waals surface area contributed by atoms with Crippen LogP contribution in [0.1, 0.15) is 42.4 Å². The van der Waals surface area contributed by atoms with E-state index in [1.807, 2.05) is 0 Å². The van der Waals surface area contributed by atoms with E-state index in [9.17, 15) is 0 Å². The van der Waals surface area contributed by atoms with Crippen molar-refractivity contribution in [2.24, 2.45) is 9.98 Å². The molecule has 0 saturated heterocycles. The van der Waals surface area contributed by atoms with Gasteiger partial charge in [0.1, 0.15) is 0 Å². The molecule has 2 atom stereocenters. The Morgan fingerprint density at radius 1 is 0.612 bits per heavy atom. The van der Waals surface area contributed by atoms with Gasteiger partial charge in [-0.2, -0.15) is 0 Å².